The Kier molecular flexibility index (Phi) is 7.55. The zero-order chi connectivity index (χ0) is 20.8. The lowest BCUT2D eigenvalue weighted by Gasteiger charge is -2.26. The van der Waals surface area contributed by atoms with Crippen LogP contribution in [-0.4, -0.2) is 50.3 Å². The number of aliphatic hydroxyl groups excluding tert-OH is 2. The summed E-state index contributed by atoms with van der Waals surface area (Å²) in [4.78, 5) is 24.8. The first-order valence-electron chi connectivity index (χ1n) is 9.30. The van der Waals surface area contributed by atoms with E-state index in [1.165, 1.54) is 12.1 Å². The topological polar surface area (TPSA) is 98.1 Å². The van der Waals surface area contributed by atoms with Crippen molar-refractivity contribution >= 4 is 11.9 Å². The van der Waals surface area contributed by atoms with Crippen LogP contribution in [0.4, 0.5) is 4.39 Å². The molecule has 0 saturated carbocycles. The Morgan fingerprint density at radius 3 is 2.50 bits per heavy atom. The van der Waals surface area contributed by atoms with Crippen LogP contribution >= 0.6 is 0 Å². The molecule has 0 spiro atoms. The highest BCUT2D eigenvalue weighted by Gasteiger charge is 2.40. The standard InChI is InChI=1S/C21H26FNO5/c1-13(2)18-11-20(26)23(12-14-3-5-15(22)6-4-14)19(18)8-7-16(24)9-17(25)10-21(27)28/h3-6,13,16-19,24-25H,9-12H2,1-2H3,(H,27,28)/t16-,17-,18+,19-/m1/s1. The number of likely N-dealkylation sites (tertiary alicyclic amines) is 1. The normalized spacial score (nSPS) is 21.4. The third-order valence-electron chi connectivity index (χ3n) is 4.90. The maximum Gasteiger partial charge on any atom is 0.305 e. The van der Waals surface area contributed by atoms with Crippen LogP contribution in [0.2, 0.25) is 0 Å². The highest BCUT2D eigenvalue weighted by Crippen LogP contribution is 2.32. The first-order valence-corrected chi connectivity index (χ1v) is 9.30. The molecule has 1 heterocycles. The molecule has 1 fully saturated rings. The van der Waals surface area contributed by atoms with Gasteiger partial charge >= 0.3 is 5.97 Å². The number of aliphatic hydroxyl groups is 2. The van der Waals surface area contributed by atoms with Gasteiger partial charge in [-0.3, -0.25) is 9.59 Å². The van der Waals surface area contributed by atoms with Crippen molar-refractivity contribution < 1.29 is 29.3 Å². The number of carboxylic acid groups (broad SMARTS) is 1. The lowest BCUT2D eigenvalue weighted by atomic mass is 9.88. The van der Waals surface area contributed by atoms with Crippen LogP contribution in [0.5, 0.6) is 0 Å². The van der Waals surface area contributed by atoms with Crippen LogP contribution in [0.15, 0.2) is 24.3 Å². The van der Waals surface area contributed by atoms with Crippen molar-refractivity contribution in [2.24, 2.45) is 11.8 Å². The van der Waals surface area contributed by atoms with Crippen LogP contribution in [0.25, 0.3) is 0 Å². The van der Waals surface area contributed by atoms with Gasteiger partial charge in [-0.1, -0.05) is 37.8 Å². The number of nitrogens with zero attached hydrogens (tertiary/aromatic N) is 1. The van der Waals surface area contributed by atoms with Gasteiger partial charge in [0.05, 0.1) is 18.6 Å². The fourth-order valence-electron chi connectivity index (χ4n) is 3.36. The lowest BCUT2D eigenvalue weighted by molar-refractivity contribution is -0.139. The van der Waals surface area contributed by atoms with E-state index in [2.05, 4.69) is 11.8 Å². The zero-order valence-electron chi connectivity index (χ0n) is 16.0. The van der Waals surface area contributed by atoms with Crippen molar-refractivity contribution in [3.63, 3.8) is 0 Å². The Morgan fingerprint density at radius 2 is 1.93 bits per heavy atom. The van der Waals surface area contributed by atoms with Crippen molar-refractivity contribution in [3.05, 3.63) is 35.6 Å². The van der Waals surface area contributed by atoms with Crippen LogP contribution in [-0.2, 0) is 16.1 Å². The Bertz CT molecular complexity index is 752. The number of halogens is 1. The molecular weight excluding hydrogens is 365 g/mol. The van der Waals surface area contributed by atoms with E-state index < -0.39 is 30.6 Å². The number of carboxylic acids is 1. The molecule has 3 N–H and O–H groups in total. The summed E-state index contributed by atoms with van der Waals surface area (Å²) in [5, 5.41) is 28.3. The van der Waals surface area contributed by atoms with E-state index in [-0.39, 0.29) is 30.0 Å². The van der Waals surface area contributed by atoms with Gasteiger partial charge in [0.15, 0.2) is 0 Å². The fourth-order valence-corrected chi connectivity index (χ4v) is 3.36. The first-order chi connectivity index (χ1) is 13.2. The molecule has 0 bridgehead atoms. The Morgan fingerprint density at radius 1 is 1.29 bits per heavy atom. The van der Waals surface area contributed by atoms with Gasteiger partial charge in [-0.15, -0.1) is 0 Å². The highest BCUT2D eigenvalue weighted by molar-refractivity contribution is 5.80. The number of carbonyl (C=O) groups is 2. The molecular formula is C21H26FNO5. The SMILES string of the molecule is CC(C)[C@@H]1CC(=O)N(Cc2ccc(F)cc2)[C@@H]1C#C[C@@H](O)C[C@@H](O)CC(=O)O. The van der Waals surface area contributed by atoms with E-state index in [4.69, 9.17) is 5.11 Å². The second-order valence-corrected chi connectivity index (χ2v) is 7.50. The first kappa shape index (κ1) is 21.9. The van der Waals surface area contributed by atoms with Gasteiger partial charge in [0.2, 0.25) is 5.91 Å². The molecule has 0 aliphatic carbocycles. The van der Waals surface area contributed by atoms with Gasteiger partial charge in [0.1, 0.15) is 11.9 Å². The second kappa shape index (κ2) is 9.67. The van der Waals surface area contributed by atoms with Crippen LogP contribution in [0.3, 0.4) is 0 Å². The Hall–Kier alpha value is -2.43. The van der Waals surface area contributed by atoms with E-state index in [1.54, 1.807) is 17.0 Å². The number of hydrogen-bond donors (Lipinski definition) is 3. The number of hydrogen-bond acceptors (Lipinski definition) is 4. The molecule has 1 aromatic carbocycles. The van der Waals surface area contributed by atoms with Gasteiger partial charge in [0.25, 0.3) is 0 Å². The summed E-state index contributed by atoms with van der Waals surface area (Å²) in [5.41, 5.74) is 0.781. The monoisotopic (exact) mass is 391 g/mol. The molecule has 1 saturated heterocycles. The van der Waals surface area contributed by atoms with Crippen molar-refractivity contribution in [1.82, 2.24) is 4.90 Å². The summed E-state index contributed by atoms with van der Waals surface area (Å²) in [6, 6.07) is 5.50. The molecule has 7 heteroatoms. The molecule has 1 aliphatic heterocycles. The molecule has 0 unspecified atom stereocenters. The quantitative estimate of drug-likeness (QED) is 0.616. The van der Waals surface area contributed by atoms with Crippen molar-refractivity contribution in [2.75, 3.05) is 0 Å². The maximum atomic E-state index is 13.1. The largest absolute Gasteiger partial charge is 0.481 e. The van der Waals surface area contributed by atoms with Crippen LogP contribution in [0.1, 0.15) is 38.7 Å². The molecule has 1 aromatic rings. The van der Waals surface area contributed by atoms with Crippen LogP contribution in [0, 0.1) is 29.5 Å². The van der Waals surface area contributed by atoms with Crippen molar-refractivity contribution in [2.45, 2.75) is 57.9 Å². The van der Waals surface area contributed by atoms with Crippen molar-refractivity contribution in [1.29, 1.82) is 0 Å². The Labute approximate surface area is 164 Å². The molecule has 4 atom stereocenters. The molecule has 0 radical (unpaired) electrons. The predicted molar refractivity (Wildman–Crippen MR) is 100 cm³/mol. The molecule has 1 aliphatic rings. The average Bonchev–Trinajstić information content (AvgIpc) is 2.90. The molecule has 2 rings (SSSR count). The minimum atomic E-state index is -1.19. The van der Waals surface area contributed by atoms with Gasteiger partial charge in [-0.2, -0.15) is 0 Å². The summed E-state index contributed by atoms with van der Waals surface area (Å²) < 4.78 is 13.1. The summed E-state index contributed by atoms with van der Waals surface area (Å²) in [5.74, 6) is 4.23. The smallest absolute Gasteiger partial charge is 0.305 e. The molecule has 152 valence electrons. The van der Waals surface area contributed by atoms with Gasteiger partial charge in [0, 0.05) is 25.3 Å². The second-order valence-electron chi connectivity index (χ2n) is 7.50. The number of carbonyl (C=O) groups excluding carboxylic acids is 1. The van der Waals surface area contributed by atoms with Gasteiger partial charge < -0.3 is 20.2 Å². The minimum Gasteiger partial charge on any atom is -0.481 e. The van der Waals surface area contributed by atoms with Gasteiger partial charge in [-0.05, 0) is 23.6 Å². The highest BCUT2D eigenvalue weighted by atomic mass is 19.1. The maximum absolute atomic E-state index is 13.1. The third kappa shape index (κ3) is 6.04. The Balaban J connectivity index is 2.15. The fraction of sp³-hybridized carbons (Fsp3) is 0.524. The minimum absolute atomic E-state index is 0.0170. The van der Waals surface area contributed by atoms with E-state index in [9.17, 15) is 24.2 Å². The van der Waals surface area contributed by atoms with E-state index in [0.29, 0.717) is 13.0 Å². The van der Waals surface area contributed by atoms with E-state index in [0.717, 1.165) is 5.56 Å². The van der Waals surface area contributed by atoms with E-state index in [1.807, 2.05) is 13.8 Å². The molecule has 6 nitrogen and oxygen atoms in total. The number of benzene rings is 1. The zero-order valence-corrected chi connectivity index (χ0v) is 16.0. The summed E-state index contributed by atoms with van der Waals surface area (Å²) in [6.07, 6.45) is -2.68. The average molecular weight is 391 g/mol. The third-order valence-corrected chi connectivity index (χ3v) is 4.90. The lowest BCUT2D eigenvalue weighted by Crippen LogP contribution is -2.35. The molecule has 0 aromatic heterocycles. The van der Waals surface area contributed by atoms with Crippen molar-refractivity contribution in [3.8, 4) is 11.8 Å². The molecule has 28 heavy (non-hydrogen) atoms. The van der Waals surface area contributed by atoms with Crippen LogP contribution < -0.4 is 0 Å². The summed E-state index contributed by atoms with van der Waals surface area (Å²) >= 11 is 0. The number of aliphatic carboxylic acids is 1. The summed E-state index contributed by atoms with van der Waals surface area (Å²) in [7, 11) is 0. The van der Waals surface area contributed by atoms with E-state index >= 15 is 0 Å². The number of amides is 1. The summed E-state index contributed by atoms with van der Waals surface area (Å²) in [6.45, 7) is 4.29. The molecule has 1 amide bonds. The predicted octanol–water partition coefficient (Wildman–Crippen LogP) is 1.79. The van der Waals surface area contributed by atoms with Gasteiger partial charge in [-0.25, -0.2) is 4.39 Å². The number of rotatable bonds is 7.